The van der Waals surface area contributed by atoms with Gasteiger partial charge in [-0.15, -0.1) is 0 Å². The molecule has 1 aromatic rings. The second-order valence-corrected chi connectivity index (χ2v) is 15.6. The molecule has 0 radical (unpaired) electrons. The summed E-state index contributed by atoms with van der Waals surface area (Å²) >= 11 is 0. The van der Waals surface area contributed by atoms with Crippen LogP contribution in [0.25, 0.3) is 0 Å². The van der Waals surface area contributed by atoms with Crippen molar-refractivity contribution in [1.29, 1.82) is 0 Å². The summed E-state index contributed by atoms with van der Waals surface area (Å²) in [6.45, 7) is 17.5. The average molecular weight is 467 g/mol. The number of esters is 1. The lowest BCUT2D eigenvalue weighted by molar-refractivity contribution is -0.282. The van der Waals surface area contributed by atoms with Gasteiger partial charge in [0, 0.05) is 20.5 Å². The van der Waals surface area contributed by atoms with Gasteiger partial charge in [0.1, 0.15) is 6.10 Å². The predicted molar refractivity (Wildman–Crippen MR) is 128 cm³/mol. The molecule has 1 fully saturated rings. The van der Waals surface area contributed by atoms with Gasteiger partial charge in [0.15, 0.2) is 8.32 Å². The Kier molecular flexibility index (Phi) is 9.10. The van der Waals surface area contributed by atoms with Crippen molar-refractivity contribution in [3.63, 3.8) is 0 Å². The maximum Gasteiger partial charge on any atom is 0.304 e. The van der Waals surface area contributed by atoms with Crippen molar-refractivity contribution in [2.24, 2.45) is 5.41 Å². The SMILES string of the molecule is CO[C@H](COCc1ccccc1)[C@@H]1C[C@@H](O[Si](C)(C)C(C)(C)C)C(C)(C)[C@H](OC(C)=O)O1. The minimum atomic E-state index is -2.06. The normalized spacial score (nSPS) is 24.7. The van der Waals surface area contributed by atoms with Gasteiger partial charge in [-0.25, -0.2) is 0 Å². The van der Waals surface area contributed by atoms with E-state index in [1.807, 2.05) is 44.2 Å². The highest BCUT2D eigenvalue weighted by molar-refractivity contribution is 6.74. The van der Waals surface area contributed by atoms with Gasteiger partial charge in [-0.1, -0.05) is 65.0 Å². The number of ether oxygens (including phenoxy) is 4. The minimum Gasteiger partial charge on any atom is -0.435 e. The van der Waals surface area contributed by atoms with Gasteiger partial charge < -0.3 is 23.4 Å². The molecule has 1 aliphatic rings. The molecular weight excluding hydrogens is 424 g/mol. The van der Waals surface area contributed by atoms with Crippen LogP contribution in [0.1, 0.15) is 53.5 Å². The van der Waals surface area contributed by atoms with Crippen molar-refractivity contribution in [3.8, 4) is 0 Å². The highest BCUT2D eigenvalue weighted by atomic mass is 28.4. The third-order valence-electron chi connectivity index (χ3n) is 6.81. The highest BCUT2D eigenvalue weighted by Crippen LogP contribution is 2.45. The molecule has 0 N–H and O–H groups in total. The predicted octanol–water partition coefficient (Wildman–Crippen LogP) is 5.31. The van der Waals surface area contributed by atoms with Crippen LogP contribution in [-0.4, -0.2) is 52.6 Å². The van der Waals surface area contributed by atoms with Crippen LogP contribution in [0.3, 0.4) is 0 Å². The second-order valence-electron chi connectivity index (χ2n) is 10.8. The Bertz CT molecular complexity index is 728. The quantitative estimate of drug-likeness (QED) is 0.363. The number of rotatable bonds is 9. The van der Waals surface area contributed by atoms with E-state index in [1.54, 1.807) is 7.11 Å². The molecule has 0 saturated carbocycles. The molecule has 7 heteroatoms. The van der Waals surface area contributed by atoms with Crippen LogP contribution >= 0.6 is 0 Å². The minimum absolute atomic E-state index is 0.0628. The van der Waals surface area contributed by atoms with E-state index in [4.69, 9.17) is 23.4 Å². The molecule has 182 valence electrons. The topological polar surface area (TPSA) is 63.2 Å². The van der Waals surface area contributed by atoms with Gasteiger partial charge in [-0.2, -0.15) is 0 Å². The summed E-state index contributed by atoms with van der Waals surface area (Å²) in [4.78, 5) is 11.8. The Labute approximate surface area is 195 Å². The first-order valence-corrected chi connectivity index (χ1v) is 14.3. The zero-order chi connectivity index (χ0) is 24.2. The number of benzene rings is 1. The van der Waals surface area contributed by atoms with E-state index in [9.17, 15) is 4.79 Å². The molecule has 1 saturated heterocycles. The average Bonchev–Trinajstić information content (AvgIpc) is 2.68. The second kappa shape index (κ2) is 10.8. The molecular formula is C25H42O6Si. The molecule has 1 aliphatic heterocycles. The van der Waals surface area contributed by atoms with Crippen LogP contribution in [0.5, 0.6) is 0 Å². The third kappa shape index (κ3) is 6.87. The van der Waals surface area contributed by atoms with E-state index in [-0.39, 0.29) is 29.3 Å². The van der Waals surface area contributed by atoms with Crippen molar-refractivity contribution >= 4 is 14.3 Å². The van der Waals surface area contributed by atoms with Crippen LogP contribution in [-0.2, 0) is 34.8 Å². The summed E-state index contributed by atoms with van der Waals surface area (Å²) in [5.74, 6) is -0.371. The number of carbonyl (C=O) groups is 1. The van der Waals surface area contributed by atoms with Gasteiger partial charge in [0.2, 0.25) is 6.29 Å². The molecule has 2 rings (SSSR count). The molecule has 32 heavy (non-hydrogen) atoms. The van der Waals surface area contributed by atoms with Crippen LogP contribution in [0.4, 0.5) is 0 Å². The van der Waals surface area contributed by atoms with E-state index in [0.717, 1.165) is 5.56 Å². The van der Waals surface area contributed by atoms with Gasteiger partial charge in [0.05, 0.1) is 30.8 Å². The molecule has 0 aromatic heterocycles. The molecule has 6 nitrogen and oxygen atoms in total. The van der Waals surface area contributed by atoms with E-state index in [0.29, 0.717) is 19.6 Å². The number of hydrogen-bond donors (Lipinski definition) is 0. The van der Waals surface area contributed by atoms with E-state index >= 15 is 0 Å². The lowest BCUT2D eigenvalue weighted by atomic mass is 9.79. The maximum absolute atomic E-state index is 11.8. The Hall–Kier alpha value is -1.25. The molecule has 0 amide bonds. The van der Waals surface area contributed by atoms with Crippen LogP contribution in [0, 0.1) is 5.41 Å². The third-order valence-corrected chi connectivity index (χ3v) is 11.3. The number of methoxy groups -OCH3 is 1. The fourth-order valence-corrected chi connectivity index (χ4v) is 5.02. The highest BCUT2D eigenvalue weighted by Gasteiger charge is 2.52. The zero-order valence-electron chi connectivity index (χ0n) is 21.3. The molecule has 0 aliphatic carbocycles. The van der Waals surface area contributed by atoms with E-state index in [2.05, 4.69) is 33.9 Å². The van der Waals surface area contributed by atoms with Crippen molar-refractivity contribution in [2.75, 3.05) is 13.7 Å². The summed E-state index contributed by atoms with van der Waals surface area (Å²) < 4.78 is 30.4. The van der Waals surface area contributed by atoms with Crippen molar-refractivity contribution < 1.29 is 28.2 Å². The summed E-state index contributed by atoms with van der Waals surface area (Å²) in [6, 6.07) is 10.0. The largest absolute Gasteiger partial charge is 0.435 e. The molecule has 0 spiro atoms. The fraction of sp³-hybridized carbons (Fsp3) is 0.720. The lowest BCUT2D eigenvalue weighted by Gasteiger charge is -2.51. The number of carbonyl (C=O) groups excluding carboxylic acids is 1. The van der Waals surface area contributed by atoms with E-state index in [1.165, 1.54) is 6.92 Å². The van der Waals surface area contributed by atoms with Crippen molar-refractivity contribution in [2.45, 2.75) is 97.3 Å². The maximum atomic E-state index is 11.8. The molecule has 0 bridgehead atoms. The number of hydrogen-bond acceptors (Lipinski definition) is 6. The smallest absolute Gasteiger partial charge is 0.304 e. The zero-order valence-corrected chi connectivity index (χ0v) is 22.3. The van der Waals surface area contributed by atoms with Crippen LogP contribution < -0.4 is 0 Å². The molecule has 1 aromatic carbocycles. The lowest BCUT2D eigenvalue weighted by Crippen LogP contribution is -2.59. The van der Waals surface area contributed by atoms with E-state index < -0.39 is 20.0 Å². The fourth-order valence-electron chi connectivity index (χ4n) is 3.55. The van der Waals surface area contributed by atoms with Gasteiger partial charge in [0.25, 0.3) is 0 Å². The Morgan fingerprint density at radius 1 is 1.22 bits per heavy atom. The summed E-state index contributed by atoms with van der Waals surface area (Å²) in [5, 5.41) is 0.0628. The first-order chi connectivity index (χ1) is 14.8. The van der Waals surface area contributed by atoms with Crippen LogP contribution in [0.15, 0.2) is 30.3 Å². The van der Waals surface area contributed by atoms with Gasteiger partial charge >= 0.3 is 5.97 Å². The summed E-state index contributed by atoms with van der Waals surface area (Å²) in [5.41, 5.74) is 0.603. The summed E-state index contributed by atoms with van der Waals surface area (Å²) in [7, 11) is -0.406. The molecule has 4 atom stereocenters. The Balaban J connectivity index is 2.18. The Morgan fingerprint density at radius 2 is 1.84 bits per heavy atom. The Morgan fingerprint density at radius 3 is 2.38 bits per heavy atom. The van der Waals surface area contributed by atoms with Crippen molar-refractivity contribution in [1.82, 2.24) is 0 Å². The first kappa shape index (κ1) is 27.0. The van der Waals surface area contributed by atoms with Crippen LogP contribution in [0.2, 0.25) is 18.1 Å². The van der Waals surface area contributed by atoms with Gasteiger partial charge in [-0.3, -0.25) is 4.79 Å². The van der Waals surface area contributed by atoms with Gasteiger partial charge in [-0.05, 0) is 23.7 Å². The monoisotopic (exact) mass is 466 g/mol. The molecule has 0 unspecified atom stereocenters. The standard InChI is InChI=1S/C25H42O6Si/c1-18(26)29-23-25(5,6)22(31-32(8,9)24(2,3)4)15-20(30-23)21(27-7)17-28-16-19-13-11-10-12-14-19/h10-14,20-23H,15-17H2,1-9H3/t20-,21+,22+,23+/m0/s1. The first-order valence-electron chi connectivity index (χ1n) is 11.4. The van der Waals surface area contributed by atoms with Crippen molar-refractivity contribution in [3.05, 3.63) is 35.9 Å². The molecule has 1 heterocycles. The summed E-state index contributed by atoms with van der Waals surface area (Å²) in [6.07, 6.45) is -0.843.